The highest BCUT2D eigenvalue weighted by atomic mass is 16.4. The molecule has 0 saturated heterocycles. The van der Waals surface area contributed by atoms with Crippen molar-refractivity contribution in [3.8, 4) is 0 Å². The number of aliphatic hydroxyl groups excluding tert-OH is 1. The van der Waals surface area contributed by atoms with Crippen LogP contribution in [-0.4, -0.2) is 40.8 Å². The van der Waals surface area contributed by atoms with E-state index in [1.807, 2.05) is 18.4 Å². The van der Waals surface area contributed by atoms with E-state index in [1.54, 1.807) is 6.92 Å². The topological polar surface area (TPSA) is 60.8 Å². The summed E-state index contributed by atoms with van der Waals surface area (Å²) in [6.45, 7) is 7.29. The molecule has 1 radical (unpaired) electrons. The maximum Gasteiger partial charge on any atom is 0.306 e. The molecule has 0 aliphatic heterocycles. The first kappa shape index (κ1) is 13.4. The molecule has 0 saturated carbocycles. The Hall–Kier alpha value is -0.610. The summed E-state index contributed by atoms with van der Waals surface area (Å²) in [4.78, 5) is 12.5. The number of aliphatic carboxylic acids is 1. The smallest absolute Gasteiger partial charge is 0.306 e. The van der Waals surface area contributed by atoms with Crippen molar-refractivity contribution in [3.05, 3.63) is 6.54 Å². The van der Waals surface area contributed by atoms with Gasteiger partial charge in [0.15, 0.2) is 0 Å². The van der Waals surface area contributed by atoms with Crippen LogP contribution in [0.15, 0.2) is 0 Å². The summed E-state index contributed by atoms with van der Waals surface area (Å²) in [5.74, 6) is -1.04. The lowest BCUT2D eigenvalue weighted by Gasteiger charge is -2.18. The van der Waals surface area contributed by atoms with E-state index in [0.717, 1.165) is 13.0 Å². The van der Waals surface area contributed by atoms with Crippen molar-refractivity contribution in [1.29, 1.82) is 0 Å². The molecule has 0 bridgehead atoms. The number of carboxylic acids is 1. The van der Waals surface area contributed by atoms with E-state index < -0.39 is 5.97 Å². The van der Waals surface area contributed by atoms with Crippen molar-refractivity contribution in [2.75, 3.05) is 19.7 Å². The monoisotopic (exact) mass is 202 g/mol. The molecular weight excluding hydrogens is 182 g/mol. The van der Waals surface area contributed by atoms with Gasteiger partial charge in [-0.25, -0.2) is 0 Å². The Bertz CT molecular complexity index is 161. The molecule has 0 aromatic heterocycles. The lowest BCUT2D eigenvalue weighted by atomic mass is 10.1. The third-order valence-electron chi connectivity index (χ3n) is 2.20. The van der Waals surface area contributed by atoms with Crippen LogP contribution in [0.4, 0.5) is 0 Å². The van der Waals surface area contributed by atoms with Gasteiger partial charge in [0.2, 0.25) is 0 Å². The quantitative estimate of drug-likeness (QED) is 0.615. The van der Waals surface area contributed by atoms with Gasteiger partial charge in [-0.05, 0) is 19.4 Å². The minimum atomic E-state index is -0.747. The number of aliphatic hydroxyl groups is 1. The molecule has 0 rings (SSSR count). The van der Waals surface area contributed by atoms with E-state index in [2.05, 4.69) is 0 Å². The molecule has 0 heterocycles. The van der Waals surface area contributed by atoms with E-state index in [-0.39, 0.29) is 12.5 Å². The first-order valence-electron chi connectivity index (χ1n) is 5.02. The Kier molecular flexibility index (Phi) is 7.42. The van der Waals surface area contributed by atoms with Crippen LogP contribution in [0.2, 0.25) is 0 Å². The van der Waals surface area contributed by atoms with Gasteiger partial charge in [0.1, 0.15) is 0 Å². The number of carbonyl (C=O) groups is 1. The minimum Gasteiger partial charge on any atom is -0.481 e. The molecule has 14 heavy (non-hydrogen) atoms. The van der Waals surface area contributed by atoms with E-state index in [4.69, 9.17) is 10.2 Å². The van der Waals surface area contributed by atoms with Gasteiger partial charge in [-0.1, -0.05) is 13.8 Å². The van der Waals surface area contributed by atoms with Crippen LogP contribution >= 0.6 is 0 Å². The van der Waals surface area contributed by atoms with Gasteiger partial charge in [0.25, 0.3) is 0 Å². The first-order chi connectivity index (χ1) is 6.61. The summed E-state index contributed by atoms with van der Waals surface area (Å²) in [6.07, 6.45) is 1.40. The van der Waals surface area contributed by atoms with Crippen molar-refractivity contribution in [3.63, 3.8) is 0 Å². The van der Waals surface area contributed by atoms with Crippen LogP contribution in [0, 0.1) is 12.5 Å². The molecule has 0 aliphatic rings. The molecule has 4 nitrogen and oxygen atoms in total. The second-order valence-electron chi connectivity index (χ2n) is 3.35. The normalized spacial score (nSPS) is 13.1. The molecule has 1 unspecified atom stereocenters. The summed E-state index contributed by atoms with van der Waals surface area (Å²) in [6, 6.07) is 0. The van der Waals surface area contributed by atoms with Crippen LogP contribution in [-0.2, 0) is 4.79 Å². The maximum absolute atomic E-state index is 10.5. The molecule has 0 fully saturated rings. The highest BCUT2D eigenvalue weighted by Crippen LogP contribution is 2.08. The Morgan fingerprint density at radius 1 is 1.57 bits per heavy atom. The summed E-state index contributed by atoms with van der Waals surface area (Å²) < 4.78 is 0. The highest BCUT2D eigenvalue weighted by molar-refractivity contribution is 5.69. The molecule has 0 aromatic carbocycles. The zero-order valence-electron chi connectivity index (χ0n) is 8.94. The molecule has 0 amide bonds. The van der Waals surface area contributed by atoms with Crippen LogP contribution < -0.4 is 0 Å². The zero-order chi connectivity index (χ0) is 11.0. The summed E-state index contributed by atoms with van der Waals surface area (Å²) >= 11 is 0. The molecular formula is C10H20NO3. The van der Waals surface area contributed by atoms with Crippen molar-refractivity contribution in [1.82, 2.24) is 4.90 Å². The van der Waals surface area contributed by atoms with Gasteiger partial charge in [0.05, 0.1) is 12.5 Å². The van der Waals surface area contributed by atoms with Crippen molar-refractivity contribution < 1.29 is 15.0 Å². The Labute approximate surface area is 85.5 Å². The highest BCUT2D eigenvalue weighted by Gasteiger charge is 2.11. The summed E-state index contributed by atoms with van der Waals surface area (Å²) in [5, 5.41) is 17.3. The lowest BCUT2D eigenvalue weighted by molar-refractivity contribution is -0.141. The van der Waals surface area contributed by atoms with E-state index in [0.29, 0.717) is 13.0 Å². The second kappa shape index (κ2) is 7.76. The van der Waals surface area contributed by atoms with Crippen molar-refractivity contribution >= 4 is 5.97 Å². The van der Waals surface area contributed by atoms with E-state index in [1.165, 1.54) is 0 Å². The standard InChI is InChI=1S/C10H20NO3/c1-3-11(7-8-12)6-4-5-9(2)10(13)14/h6,9,12H,3-5,7-8H2,1-2H3,(H,13,14). The van der Waals surface area contributed by atoms with Crippen LogP contribution in [0.3, 0.4) is 0 Å². The number of hydrogen-bond acceptors (Lipinski definition) is 3. The van der Waals surface area contributed by atoms with Crippen molar-refractivity contribution in [2.45, 2.75) is 26.7 Å². The number of hydrogen-bond donors (Lipinski definition) is 2. The summed E-state index contributed by atoms with van der Waals surface area (Å²) in [5.41, 5.74) is 0. The van der Waals surface area contributed by atoms with Gasteiger partial charge < -0.3 is 10.2 Å². The SMILES string of the molecule is CCN([CH]CCC(C)C(=O)O)CCO. The average Bonchev–Trinajstić information content (AvgIpc) is 2.16. The number of nitrogens with zero attached hydrogens (tertiary/aromatic N) is 1. The molecule has 0 aliphatic carbocycles. The molecule has 1 atom stereocenters. The lowest BCUT2D eigenvalue weighted by Crippen LogP contribution is -2.24. The minimum absolute atomic E-state index is 0.138. The van der Waals surface area contributed by atoms with E-state index >= 15 is 0 Å². The molecule has 83 valence electrons. The largest absolute Gasteiger partial charge is 0.481 e. The Morgan fingerprint density at radius 2 is 2.21 bits per heavy atom. The van der Waals surface area contributed by atoms with Gasteiger partial charge in [-0.15, -0.1) is 0 Å². The fourth-order valence-corrected chi connectivity index (χ4v) is 1.14. The first-order valence-corrected chi connectivity index (χ1v) is 5.02. The van der Waals surface area contributed by atoms with Crippen LogP contribution in [0.1, 0.15) is 26.7 Å². The van der Waals surface area contributed by atoms with Crippen LogP contribution in [0.5, 0.6) is 0 Å². The van der Waals surface area contributed by atoms with Crippen LogP contribution in [0.25, 0.3) is 0 Å². The van der Waals surface area contributed by atoms with Gasteiger partial charge in [-0.3, -0.25) is 9.69 Å². The fraction of sp³-hybridized carbons (Fsp3) is 0.800. The predicted molar refractivity (Wildman–Crippen MR) is 54.7 cm³/mol. The third kappa shape index (κ3) is 5.94. The molecule has 4 heteroatoms. The molecule has 2 N–H and O–H groups in total. The zero-order valence-corrected chi connectivity index (χ0v) is 8.94. The number of carboxylic acid groups (broad SMARTS) is 1. The predicted octanol–water partition coefficient (Wildman–Crippen LogP) is 0.963. The molecule has 0 spiro atoms. The third-order valence-corrected chi connectivity index (χ3v) is 2.20. The van der Waals surface area contributed by atoms with Gasteiger partial charge >= 0.3 is 5.97 Å². The van der Waals surface area contributed by atoms with Crippen molar-refractivity contribution in [2.24, 2.45) is 5.92 Å². The second-order valence-corrected chi connectivity index (χ2v) is 3.35. The molecule has 0 aromatic rings. The van der Waals surface area contributed by atoms with Gasteiger partial charge in [0, 0.05) is 13.1 Å². The Balaban J connectivity index is 3.55. The number of rotatable bonds is 8. The average molecular weight is 202 g/mol. The Morgan fingerprint density at radius 3 is 2.64 bits per heavy atom. The fourth-order valence-electron chi connectivity index (χ4n) is 1.14. The summed E-state index contributed by atoms with van der Waals surface area (Å²) in [7, 11) is 0. The van der Waals surface area contributed by atoms with Gasteiger partial charge in [-0.2, -0.15) is 0 Å². The maximum atomic E-state index is 10.5. The number of likely N-dealkylation sites (N-methyl/N-ethyl adjacent to an activating group) is 1. The van der Waals surface area contributed by atoms with E-state index in [9.17, 15) is 4.79 Å².